The quantitative estimate of drug-likeness (QED) is 0.0983. The molecular formula is C31H57N3O7. The Morgan fingerprint density at radius 2 is 1.32 bits per heavy atom. The molecule has 0 bridgehead atoms. The van der Waals surface area contributed by atoms with Crippen LogP contribution in [-0.2, 0) is 28.7 Å². The van der Waals surface area contributed by atoms with E-state index in [1.165, 1.54) is 70.6 Å². The van der Waals surface area contributed by atoms with Crippen molar-refractivity contribution < 1.29 is 33.8 Å². The third-order valence-corrected chi connectivity index (χ3v) is 7.44. The molecule has 10 nitrogen and oxygen atoms in total. The van der Waals surface area contributed by atoms with Gasteiger partial charge in [0.2, 0.25) is 17.7 Å². The number of aliphatic carboxylic acids is 1. The van der Waals surface area contributed by atoms with Crippen molar-refractivity contribution in [1.29, 1.82) is 0 Å². The van der Waals surface area contributed by atoms with Gasteiger partial charge in [-0.3, -0.25) is 14.4 Å². The average molecular weight is 584 g/mol. The number of amides is 3. The molecule has 0 radical (unpaired) electrons. The van der Waals surface area contributed by atoms with Crippen molar-refractivity contribution in [3.63, 3.8) is 0 Å². The number of carbonyl (C=O) groups excluding carboxylic acids is 3. The van der Waals surface area contributed by atoms with E-state index in [9.17, 15) is 24.3 Å². The van der Waals surface area contributed by atoms with Crippen LogP contribution in [-0.4, -0.2) is 73.9 Å². The van der Waals surface area contributed by atoms with Crippen LogP contribution in [0.25, 0.3) is 0 Å². The maximum absolute atomic E-state index is 12.0. The Bertz CT molecular complexity index is 716. The molecule has 3 amide bonds. The number of hydrogen-bond acceptors (Lipinski definition) is 6. The normalized spacial score (nSPS) is 13.8. The first-order valence-corrected chi connectivity index (χ1v) is 16.2. The second-order valence-electron chi connectivity index (χ2n) is 11.2. The standard InChI is InChI=1S/C31H57N3O7/c1-2-3-4-5-6-7-8-9-10-11-12-13-14-18-28(35)32-21-22-40-23-24-41-25-30(37)34-27(31(38)39)19-20-29(36)33-26-16-15-17-26/h26-27H,2-25H2,1H3,(H,32,35)(H,33,36)(H,34,37)(H,38,39). The Hall–Kier alpha value is -2.20. The number of carboxylic acids is 1. The van der Waals surface area contributed by atoms with E-state index in [1.54, 1.807) is 0 Å². The zero-order chi connectivity index (χ0) is 30.0. The van der Waals surface area contributed by atoms with Crippen molar-refractivity contribution in [3.8, 4) is 0 Å². The fourth-order valence-corrected chi connectivity index (χ4v) is 4.66. The summed E-state index contributed by atoms with van der Waals surface area (Å²) in [5, 5.41) is 17.4. The lowest BCUT2D eigenvalue weighted by atomic mass is 9.93. The number of rotatable bonds is 28. The molecule has 1 saturated carbocycles. The molecule has 238 valence electrons. The van der Waals surface area contributed by atoms with E-state index in [-0.39, 0.29) is 50.5 Å². The summed E-state index contributed by atoms with van der Waals surface area (Å²) < 4.78 is 10.6. The van der Waals surface area contributed by atoms with Crippen molar-refractivity contribution in [1.82, 2.24) is 16.0 Å². The third-order valence-electron chi connectivity index (χ3n) is 7.44. The first-order chi connectivity index (χ1) is 19.9. The lowest BCUT2D eigenvalue weighted by Crippen LogP contribution is -2.44. The van der Waals surface area contributed by atoms with Crippen LogP contribution in [0.5, 0.6) is 0 Å². The van der Waals surface area contributed by atoms with Gasteiger partial charge in [-0.25, -0.2) is 4.79 Å². The molecule has 10 heteroatoms. The van der Waals surface area contributed by atoms with Crippen molar-refractivity contribution >= 4 is 23.7 Å². The van der Waals surface area contributed by atoms with Crippen molar-refractivity contribution in [2.24, 2.45) is 0 Å². The number of carbonyl (C=O) groups is 4. The number of ether oxygens (including phenoxy) is 2. The predicted molar refractivity (Wildman–Crippen MR) is 160 cm³/mol. The highest BCUT2D eigenvalue weighted by Gasteiger charge is 2.23. The predicted octanol–water partition coefficient (Wildman–Crippen LogP) is 4.64. The van der Waals surface area contributed by atoms with E-state index in [4.69, 9.17) is 9.47 Å². The molecule has 0 aromatic rings. The van der Waals surface area contributed by atoms with Gasteiger partial charge in [-0.15, -0.1) is 0 Å². The van der Waals surface area contributed by atoms with Gasteiger partial charge in [0.25, 0.3) is 0 Å². The van der Waals surface area contributed by atoms with Gasteiger partial charge in [0.1, 0.15) is 12.6 Å². The Kier molecular flexibility index (Phi) is 22.9. The number of nitrogens with one attached hydrogen (secondary N) is 3. The summed E-state index contributed by atoms with van der Waals surface area (Å²) in [4.78, 5) is 47.2. The van der Waals surface area contributed by atoms with E-state index >= 15 is 0 Å². The molecular weight excluding hydrogens is 526 g/mol. The van der Waals surface area contributed by atoms with Crippen LogP contribution in [0.4, 0.5) is 0 Å². The summed E-state index contributed by atoms with van der Waals surface area (Å²) >= 11 is 0. The monoisotopic (exact) mass is 583 g/mol. The first-order valence-electron chi connectivity index (χ1n) is 16.2. The number of carboxylic acid groups (broad SMARTS) is 1. The van der Waals surface area contributed by atoms with Crippen molar-refractivity contribution in [2.45, 2.75) is 141 Å². The Morgan fingerprint density at radius 3 is 1.88 bits per heavy atom. The van der Waals surface area contributed by atoms with Gasteiger partial charge in [0.15, 0.2) is 0 Å². The minimum Gasteiger partial charge on any atom is -0.480 e. The molecule has 1 aliphatic carbocycles. The summed E-state index contributed by atoms with van der Waals surface area (Å²) in [5.74, 6) is -1.90. The fraction of sp³-hybridized carbons (Fsp3) is 0.871. The molecule has 0 spiro atoms. The average Bonchev–Trinajstić information content (AvgIpc) is 2.92. The van der Waals surface area contributed by atoms with Crippen LogP contribution in [0.1, 0.15) is 129 Å². The third kappa shape index (κ3) is 22.1. The minimum atomic E-state index is -1.19. The molecule has 4 N–H and O–H groups in total. The highest BCUT2D eigenvalue weighted by molar-refractivity contribution is 5.85. The summed E-state index contributed by atoms with van der Waals surface area (Å²) in [6.45, 7) is 3.16. The van der Waals surface area contributed by atoms with Gasteiger partial charge in [-0.05, 0) is 32.1 Å². The first kappa shape index (κ1) is 36.8. The van der Waals surface area contributed by atoms with Crippen LogP contribution in [0.15, 0.2) is 0 Å². The molecule has 1 aliphatic rings. The van der Waals surface area contributed by atoms with Crippen LogP contribution < -0.4 is 16.0 Å². The fourth-order valence-electron chi connectivity index (χ4n) is 4.66. The zero-order valence-electron chi connectivity index (χ0n) is 25.5. The molecule has 1 fully saturated rings. The molecule has 0 aromatic heterocycles. The molecule has 0 aliphatic heterocycles. The van der Waals surface area contributed by atoms with Crippen LogP contribution in [0.3, 0.4) is 0 Å². The Labute approximate surface area is 247 Å². The van der Waals surface area contributed by atoms with E-state index in [1.807, 2.05) is 0 Å². The molecule has 0 saturated heterocycles. The van der Waals surface area contributed by atoms with Crippen LogP contribution in [0.2, 0.25) is 0 Å². The Morgan fingerprint density at radius 1 is 0.732 bits per heavy atom. The summed E-state index contributed by atoms with van der Waals surface area (Å²) in [6.07, 6.45) is 20.3. The van der Waals surface area contributed by atoms with Gasteiger partial charge in [-0.1, -0.05) is 84.0 Å². The number of unbranched alkanes of at least 4 members (excludes halogenated alkanes) is 12. The molecule has 1 atom stereocenters. The van der Waals surface area contributed by atoms with Gasteiger partial charge in [-0.2, -0.15) is 0 Å². The summed E-state index contributed by atoms with van der Waals surface area (Å²) in [5.41, 5.74) is 0. The zero-order valence-corrected chi connectivity index (χ0v) is 25.5. The van der Waals surface area contributed by atoms with Crippen LogP contribution in [0, 0.1) is 0 Å². The van der Waals surface area contributed by atoms with Crippen LogP contribution >= 0.6 is 0 Å². The maximum Gasteiger partial charge on any atom is 0.326 e. The molecule has 41 heavy (non-hydrogen) atoms. The SMILES string of the molecule is CCCCCCCCCCCCCCCC(=O)NCCOCCOCC(=O)NC(CCC(=O)NC1CCC1)C(=O)O. The molecule has 0 heterocycles. The van der Waals surface area contributed by atoms with Gasteiger partial charge in [0, 0.05) is 25.4 Å². The van der Waals surface area contributed by atoms with E-state index in [0.717, 1.165) is 32.1 Å². The van der Waals surface area contributed by atoms with Crippen molar-refractivity contribution in [2.75, 3.05) is 33.0 Å². The summed E-state index contributed by atoms with van der Waals surface area (Å²) in [7, 11) is 0. The number of hydrogen-bond donors (Lipinski definition) is 4. The molecule has 1 rings (SSSR count). The van der Waals surface area contributed by atoms with Crippen molar-refractivity contribution in [3.05, 3.63) is 0 Å². The van der Waals surface area contributed by atoms with Gasteiger partial charge >= 0.3 is 5.97 Å². The highest BCUT2D eigenvalue weighted by Crippen LogP contribution is 2.18. The van der Waals surface area contributed by atoms with E-state index in [2.05, 4.69) is 22.9 Å². The maximum atomic E-state index is 12.0. The summed E-state index contributed by atoms with van der Waals surface area (Å²) in [6, 6.07) is -0.945. The van der Waals surface area contributed by atoms with Gasteiger partial charge in [0.05, 0.1) is 19.8 Å². The molecule has 1 unspecified atom stereocenters. The largest absolute Gasteiger partial charge is 0.480 e. The Balaban J connectivity index is 1.88. The van der Waals surface area contributed by atoms with E-state index < -0.39 is 17.9 Å². The smallest absolute Gasteiger partial charge is 0.326 e. The van der Waals surface area contributed by atoms with Gasteiger partial charge < -0.3 is 30.5 Å². The highest BCUT2D eigenvalue weighted by atomic mass is 16.5. The lowest BCUT2D eigenvalue weighted by molar-refractivity contribution is -0.143. The second kappa shape index (κ2) is 25.5. The second-order valence-corrected chi connectivity index (χ2v) is 11.2. The van der Waals surface area contributed by atoms with E-state index in [0.29, 0.717) is 19.6 Å². The molecule has 0 aromatic carbocycles. The topological polar surface area (TPSA) is 143 Å². The lowest BCUT2D eigenvalue weighted by Gasteiger charge is -2.26. The minimum absolute atomic E-state index is 0.0216.